The van der Waals surface area contributed by atoms with E-state index in [9.17, 15) is 22.8 Å². The number of aromatic nitrogens is 1. The maximum absolute atomic E-state index is 12.7. The van der Waals surface area contributed by atoms with Crippen LogP contribution in [0.4, 0.5) is 18.9 Å². The van der Waals surface area contributed by atoms with E-state index in [0.717, 1.165) is 42.0 Å². The molecule has 3 aromatic rings. The molecule has 0 radical (unpaired) electrons. The number of halogens is 3. The summed E-state index contributed by atoms with van der Waals surface area (Å²) in [6.07, 6.45) is -1.84. The molecule has 0 aliphatic carbocycles. The number of hydrogen-bond donors (Lipinski definition) is 1. The van der Waals surface area contributed by atoms with E-state index in [2.05, 4.69) is 10.3 Å². The van der Waals surface area contributed by atoms with Crippen molar-refractivity contribution >= 4 is 17.5 Å². The largest absolute Gasteiger partial charge is 0.493 e. The Labute approximate surface area is 213 Å². The highest BCUT2D eigenvalue weighted by molar-refractivity contribution is 5.94. The lowest BCUT2D eigenvalue weighted by molar-refractivity contribution is -0.141. The Hall–Kier alpha value is -3.88. The zero-order valence-electron chi connectivity index (χ0n) is 20.4. The van der Waals surface area contributed by atoms with E-state index in [0.29, 0.717) is 18.8 Å². The molecule has 0 saturated carbocycles. The van der Waals surface area contributed by atoms with Gasteiger partial charge in [0.2, 0.25) is 5.91 Å². The molecular weight excluding hydrogens is 483 g/mol. The lowest BCUT2D eigenvalue weighted by Gasteiger charge is -2.32. The van der Waals surface area contributed by atoms with Crippen molar-refractivity contribution in [3.63, 3.8) is 0 Å². The molecule has 9 heteroatoms. The molecule has 1 N–H and O–H groups in total. The topological polar surface area (TPSA) is 71.5 Å². The molecule has 37 heavy (non-hydrogen) atoms. The number of benzene rings is 2. The normalized spacial score (nSPS) is 14.3. The number of carbonyl (C=O) groups is 2. The van der Waals surface area contributed by atoms with Crippen molar-refractivity contribution in [2.75, 3.05) is 25.0 Å². The number of rotatable bonds is 7. The minimum absolute atomic E-state index is 0.135. The molecule has 0 atom stereocenters. The number of nitrogens with zero attached hydrogens (tertiary/aromatic N) is 2. The molecule has 2 aromatic carbocycles. The van der Waals surface area contributed by atoms with Gasteiger partial charge in [-0.3, -0.25) is 14.6 Å². The van der Waals surface area contributed by atoms with Gasteiger partial charge >= 0.3 is 6.18 Å². The van der Waals surface area contributed by atoms with Crippen molar-refractivity contribution in [1.29, 1.82) is 0 Å². The number of likely N-dealkylation sites (tertiary alicyclic amines) is 1. The van der Waals surface area contributed by atoms with E-state index in [1.807, 2.05) is 55.5 Å². The summed E-state index contributed by atoms with van der Waals surface area (Å²) < 4.78 is 43.7. The second-order valence-corrected chi connectivity index (χ2v) is 9.08. The monoisotopic (exact) mass is 511 g/mol. The van der Waals surface area contributed by atoms with Gasteiger partial charge in [0.25, 0.3) is 5.91 Å². The van der Waals surface area contributed by atoms with E-state index in [1.54, 1.807) is 4.90 Å². The maximum atomic E-state index is 12.7. The Kier molecular flexibility index (Phi) is 8.11. The highest BCUT2D eigenvalue weighted by Gasteiger charge is 2.32. The van der Waals surface area contributed by atoms with Gasteiger partial charge in [-0.1, -0.05) is 29.8 Å². The van der Waals surface area contributed by atoms with Gasteiger partial charge < -0.3 is 15.0 Å². The number of piperidine rings is 1. The zero-order chi connectivity index (χ0) is 26.4. The SMILES string of the molecule is Cc1ccc(OCCC(=O)Nc2ccc(C3CCN(C(=O)c4ccc(C(F)(F)F)nc4)CC3)cc2)cc1. The van der Waals surface area contributed by atoms with Gasteiger partial charge in [0, 0.05) is 25.0 Å². The van der Waals surface area contributed by atoms with E-state index in [-0.39, 0.29) is 36.3 Å². The lowest BCUT2D eigenvalue weighted by Crippen LogP contribution is -2.38. The third kappa shape index (κ3) is 7.09. The van der Waals surface area contributed by atoms with Gasteiger partial charge in [0.1, 0.15) is 11.4 Å². The van der Waals surface area contributed by atoms with Gasteiger partial charge in [0.05, 0.1) is 18.6 Å². The Morgan fingerprint density at radius 2 is 1.68 bits per heavy atom. The standard InChI is InChI=1S/C28H28F3N3O3/c1-19-2-9-24(10-3-19)37-17-14-26(35)33-23-7-4-20(5-8-23)21-12-15-34(16-13-21)27(36)22-6-11-25(32-18-22)28(29,30)31/h2-11,18,21H,12-17H2,1H3,(H,33,35). The predicted molar refractivity (Wildman–Crippen MR) is 133 cm³/mol. The van der Waals surface area contributed by atoms with Crippen molar-refractivity contribution in [2.24, 2.45) is 0 Å². The van der Waals surface area contributed by atoms with Crippen LogP contribution in [0.25, 0.3) is 0 Å². The molecule has 2 amide bonds. The van der Waals surface area contributed by atoms with Crippen molar-refractivity contribution in [3.8, 4) is 5.75 Å². The minimum Gasteiger partial charge on any atom is -0.493 e. The van der Waals surface area contributed by atoms with Gasteiger partial charge in [-0.15, -0.1) is 0 Å². The summed E-state index contributed by atoms with van der Waals surface area (Å²) in [7, 11) is 0. The summed E-state index contributed by atoms with van der Waals surface area (Å²) in [4.78, 5) is 29.9. The highest BCUT2D eigenvalue weighted by atomic mass is 19.4. The number of anilines is 1. The summed E-state index contributed by atoms with van der Waals surface area (Å²) in [5.74, 6) is 0.530. The Morgan fingerprint density at radius 3 is 2.27 bits per heavy atom. The fraction of sp³-hybridized carbons (Fsp3) is 0.321. The van der Waals surface area contributed by atoms with Crippen molar-refractivity contribution in [1.82, 2.24) is 9.88 Å². The summed E-state index contributed by atoms with van der Waals surface area (Å²) in [5, 5.41) is 2.87. The molecule has 1 aromatic heterocycles. The Bertz CT molecular complexity index is 1200. The quantitative estimate of drug-likeness (QED) is 0.433. The maximum Gasteiger partial charge on any atom is 0.433 e. The fourth-order valence-corrected chi connectivity index (χ4v) is 4.24. The fourth-order valence-electron chi connectivity index (χ4n) is 4.24. The van der Waals surface area contributed by atoms with Gasteiger partial charge in [-0.05, 0) is 67.6 Å². The molecule has 1 fully saturated rings. The average molecular weight is 512 g/mol. The first-order chi connectivity index (χ1) is 17.7. The molecule has 6 nitrogen and oxygen atoms in total. The van der Waals surface area contributed by atoms with Crippen LogP contribution >= 0.6 is 0 Å². The molecule has 0 bridgehead atoms. The van der Waals surface area contributed by atoms with Crippen LogP contribution in [0, 0.1) is 6.92 Å². The number of aryl methyl sites for hydroxylation is 1. The minimum atomic E-state index is -4.53. The van der Waals surface area contributed by atoms with Crippen LogP contribution in [-0.4, -0.2) is 41.4 Å². The van der Waals surface area contributed by atoms with Crippen LogP contribution in [0.5, 0.6) is 5.75 Å². The summed E-state index contributed by atoms with van der Waals surface area (Å²) in [6.45, 7) is 3.29. The summed E-state index contributed by atoms with van der Waals surface area (Å²) in [6, 6.07) is 17.3. The van der Waals surface area contributed by atoms with Gasteiger partial charge in [0.15, 0.2) is 0 Å². The number of alkyl halides is 3. The molecule has 194 valence electrons. The molecule has 0 spiro atoms. The van der Waals surface area contributed by atoms with Crippen LogP contribution in [0.1, 0.15) is 52.4 Å². The van der Waals surface area contributed by atoms with E-state index in [4.69, 9.17) is 4.74 Å². The van der Waals surface area contributed by atoms with Crippen LogP contribution in [0.2, 0.25) is 0 Å². The number of carbonyl (C=O) groups excluding carboxylic acids is 2. The number of amides is 2. The molecule has 1 aliphatic heterocycles. The summed E-state index contributed by atoms with van der Waals surface area (Å²) in [5.41, 5.74) is 2.09. The van der Waals surface area contributed by atoms with Crippen molar-refractivity contribution < 1.29 is 27.5 Å². The zero-order valence-corrected chi connectivity index (χ0v) is 20.4. The van der Waals surface area contributed by atoms with Crippen LogP contribution < -0.4 is 10.1 Å². The molecule has 1 aliphatic rings. The number of pyridine rings is 1. The first kappa shape index (κ1) is 26.2. The molecule has 1 saturated heterocycles. The molecular formula is C28H28F3N3O3. The van der Waals surface area contributed by atoms with Crippen molar-refractivity contribution in [2.45, 2.75) is 38.3 Å². The second kappa shape index (κ2) is 11.5. The number of ether oxygens (including phenoxy) is 1. The van der Waals surface area contributed by atoms with Gasteiger partial charge in [-0.25, -0.2) is 0 Å². The third-order valence-electron chi connectivity index (χ3n) is 6.37. The summed E-state index contributed by atoms with van der Waals surface area (Å²) >= 11 is 0. The first-order valence-corrected chi connectivity index (χ1v) is 12.1. The smallest absolute Gasteiger partial charge is 0.433 e. The molecule has 2 heterocycles. The first-order valence-electron chi connectivity index (χ1n) is 12.1. The Morgan fingerprint density at radius 1 is 1.00 bits per heavy atom. The lowest BCUT2D eigenvalue weighted by atomic mass is 9.89. The third-order valence-corrected chi connectivity index (χ3v) is 6.37. The highest BCUT2D eigenvalue weighted by Crippen LogP contribution is 2.30. The van der Waals surface area contributed by atoms with Gasteiger partial charge in [-0.2, -0.15) is 13.2 Å². The predicted octanol–water partition coefficient (Wildman–Crippen LogP) is 5.84. The van der Waals surface area contributed by atoms with E-state index >= 15 is 0 Å². The average Bonchev–Trinajstić information content (AvgIpc) is 2.89. The number of hydrogen-bond acceptors (Lipinski definition) is 4. The second-order valence-electron chi connectivity index (χ2n) is 9.08. The van der Waals surface area contributed by atoms with Crippen LogP contribution in [0.15, 0.2) is 66.9 Å². The molecule has 0 unspecified atom stereocenters. The van der Waals surface area contributed by atoms with Crippen LogP contribution in [-0.2, 0) is 11.0 Å². The van der Waals surface area contributed by atoms with Crippen LogP contribution in [0.3, 0.4) is 0 Å². The molecule has 4 rings (SSSR count). The number of nitrogens with one attached hydrogen (secondary N) is 1. The van der Waals surface area contributed by atoms with E-state index < -0.39 is 11.9 Å². The van der Waals surface area contributed by atoms with Crippen molar-refractivity contribution in [3.05, 3.63) is 89.2 Å². The van der Waals surface area contributed by atoms with E-state index in [1.165, 1.54) is 6.07 Å². The Balaban J connectivity index is 1.22.